The van der Waals surface area contributed by atoms with Crippen LogP contribution in [-0.2, 0) is 6.42 Å². The lowest BCUT2D eigenvalue weighted by atomic mass is 10.0. The van der Waals surface area contributed by atoms with E-state index in [1.165, 1.54) is 18.1 Å². The van der Waals surface area contributed by atoms with Crippen LogP contribution in [0.1, 0.15) is 35.6 Å². The Morgan fingerprint density at radius 2 is 1.47 bits per heavy atom. The predicted molar refractivity (Wildman–Crippen MR) is 106 cm³/mol. The Morgan fingerprint density at radius 1 is 0.844 bits per heavy atom. The van der Waals surface area contributed by atoms with E-state index in [1.54, 1.807) is 12.1 Å². The summed E-state index contributed by atoms with van der Waals surface area (Å²) in [4.78, 5) is 0. The van der Waals surface area contributed by atoms with Gasteiger partial charge in [0.25, 0.3) is 0 Å². The van der Waals surface area contributed by atoms with Gasteiger partial charge in [-0.1, -0.05) is 43.5 Å². The van der Waals surface area contributed by atoms with Crippen LogP contribution < -0.4 is 0 Å². The summed E-state index contributed by atoms with van der Waals surface area (Å²) in [5.41, 5.74) is -1.11. The summed E-state index contributed by atoms with van der Waals surface area (Å²) in [7, 11) is 0. The maximum absolute atomic E-state index is 14.7. The molecule has 0 aromatic heterocycles. The second-order valence-electron chi connectivity index (χ2n) is 6.93. The summed E-state index contributed by atoms with van der Waals surface area (Å²) >= 11 is 0. The van der Waals surface area contributed by atoms with Crippen LogP contribution in [0, 0.1) is 29.3 Å². The maximum Gasteiger partial charge on any atom is 0.458 e. The Morgan fingerprint density at radius 3 is 2.06 bits per heavy atom. The molecule has 0 spiro atoms. The highest BCUT2D eigenvalue weighted by molar-refractivity contribution is 5.91. The van der Waals surface area contributed by atoms with Crippen LogP contribution >= 0.6 is 0 Å². The number of rotatable bonds is 4. The first kappa shape index (κ1) is 23.3. The lowest BCUT2D eigenvalue weighted by Crippen LogP contribution is -2.03. The molecule has 0 unspecified atom stereocenters. The molecule has 0 aliphatic rings. The molecule has 32 heavy (non-hydrogen) atoms. The van der Waals surface area contributed by atoms with Crippen molar-refractivity contribution in [3.63, 3.8) is 0 Å². The summed E-state index contributed by atoms with van der Waals surface area (Å²) in [6.07, 6.45) is -3.41. The Kier molecular flexibility index (Phi) is 6.58. The van der Waals surface area contributed by atoms with Crippen LogP contribution in [0.5, 0.6) is 0 Å². The van der Waals surface area contributed by atoms with Gasteiger partial charge in [-0.25, -0.2) is 22.0 Å². The van der Waals surface area contributed by atoms with Gasteiger partial charge in [0.2, 0.25) is 0 Å². The van der Waals surface area contributed by atoms with Crippen LogP contribution in [0.4, 0.5) is 35.1 Å². The lowest BCUT2D eigenvalue weighted by Gasteiger charge is -2.09. The highest BCUT2D eigenvalue weighted by atomic mass is 19.4. The molecule has 0 saturated heterocycles. The fourth-order valence-corrected chi connectivity index (χ4v) is 3.15. The summed E-state index contributed by atoms with van der Waals surface area (Å²) in [5.74, 6) is -5.34. The monoisotopic (exact) mass is 454 g/mol. The minimum Gasteiger partial charge on any atom is -0.206 e. The Hall–Kier alpha value is -3.34. The summed E-state index contributed by atoms with van der Waals surface area (Å²) in [6, 6.07) is 7.71. The highest BCUT2D eigenvalue weighted by Gasteiger charge is 2.24. The third kappa shape index (κ3) is 4.93. The van der Waals surface area contributed by atoms with Gasteiger partial charge in [-0.15, -0.1) is 0 Å². The SMILES string of the molecule is CCCc1ccc(/C(F)=C(\F)c2cc(F)c3c(F)c(C#CC(F)(F)F)c(F)cc3c2)cc1. The fourth-order valence-electron chi connectivity index (χ4n) is 3.15. The van der Waals surface area contributed by atoms with Gasteiger partial charge >= 0.3 is 6.18 Å². The van der Waals surface area contributed by atoms with Gasteiger partial charge in [0, 0.05) is 17.0 Å². The minimum absolute atomic E-state index is 0.113. The van der Waals surface area contributed by atoms with E-state index < -0.39 is 57.2 Å². The van der Waals surface area contributed by atoms with Crippen LogP contribution in [0.3, 0.4) is 0 Å². The van der Waals surface area contributed by atoms with Crippen LogP contribution in [0.15, 0.2) is 42.5 Å². The molecule has 166 valence electrons. The third-order valence-electron chi connectivity index (χ3n) is 4.60. The zero-order valence-electron chi connectivity index (χ0n) is 16.5. The van der Waals surface area contributed by atoms with Crippen molar-refractivity contribution < 1.29 is 35.1 Å². The van der Waals surface area contributed by atoms with Crippen molar-refractivity contribution >= 4 is 22.4 Å². The first-order valence-electron chi connectivity index (χ1n) is 9.38. The maximum atomic E-state index is 14.7. The molecule has 0 nitrogen and oxygen atoms in total. The summed E-state index contributed by atoms with van der Waals surface area (Å²) in [5, 5.41) is -1.40. The first-order chi connectivity index (χ1) is 15.0. The molecule has 0 atom stereocenters. The van der Waals surface area contributed by atoms with Crippen molar-refractivity contribution in [2.75, 3.05) is 0 Å². The Labute approximate surface area is 178 Å². The van der Waals surface area contributed by atoms with E-state index >= 15 is 0 Å². The first-order valence-corrected chi connectivity index (χ1v) is 9.38. The van der Waals surface area contributed by atoms with Crippen LogP contribution in [0.2, 0.25) is 0 Å². The lowest BCUT2D eigenvalue weighted by molar-refractivity contribution is -0.0696. The molecule has 3 aromatic rings. The molecule has 0 bridgehead atoms. The topological polar surface area (TPSA) is 0 Å². The molecule has 0 N–H and O–H groups in total. The quantitative estimate of drug-likeness (QED) is 0.214. The second kappa shape index (κ2) is 9.03. The number of halogens is 8. The number of benzene rings is 3. The minimum atomic E-state index is -5.02. The number of aryl methyl sites for hydroxylation is 1. The smallest absolute Gasteiger partial charge is 0.206 e. The van der Waals surface area contributed by atoms with Crippen LogP contribution in [-0.4, -0.2) is 6.18 Å². The third-order valence-corrected chi connectivity index (χ3v) is 4.60. The molecule has 0 aliphatic heterocycles. The normalized spacial score (nSPS) is 12.4. The molecule has 8 heteroatoms. The van der Waals surface area contributed by atoms with Crippen molar-refractivity contribution in [3.05, 3.63) is 82.2 Å². The fraction of sp³-hybridized carbons (Fsp3) is 0.167. The van der Waals surface area contributed by atoms with E-state index in [4.69, 9.17) is 0 Å². The van der Waals surface area contributed by atoms with Crippen molar-refractivity contribution in [1.29, 1.82) is 0 Å². The van der Waals surface area contributed by atoms with Gasteiger partial charge in [-0.3, -0.25) is 0 Å². The molecule has 0 radical (unpaired) electrons. The predicted octanol–water partition coefficient (Wildman–Crippen LogP) is 7.89. The van der Waals surface area contributed by atoms with Gasteiger partial charge in [-0.05, 0) is 35.6 Å². The van der Waals surface area contributed by atoms with Gasteiger partial charge in [0.05, 0.1) is 10.9 Å². The van der Waals surface area contributed by atoms with Gasteiger partial charge in [-0.2, -0.15) is 13.2 Å². The summed E-state index contributed by atoms with van der Waals surface area (Å²) < 4.78 is 109. The van der Waals surface area contributed by atoms with E-state index in [-0.39, 0.29) is 5.56 Å². The number of alkyl halides is 3. The van der Waals surface area contributed by atoms with Crippen molar-refractivity contribution in [2.24, 2.45) is 0 Å². The molecule has 0 amide bonds. The van der Waals surface area contributed by atoms with E-state index in [2.05, 4.69) is 0 Å². The summed E-state index contributed by atoms with van der Waals surface area (Å²) in [6.45, 7) is 1.96. The average molecular weight is 454 g/mol. The van der Waals surface area contributed by atoms with Gasteiger partial charge < -0.3 is 0 Å². The van der Waals surface area contributed by atoms with Crippen molar-refractivity contribution in [3.8, 4) is 11.8 Å². The van der Waals surface area contributed by atoms with Gasteiger partial charge in [0.15, 0.2) is 17.5 Å². The number of hydrogen-bond acceptors (Lipinski definition) is 0. The van der Waals surface area contributed by atoms with E-state index in [9.17, 15) is 35.1 Å². The second-order valence-corrected chi connectivity index (χ2v) is 6.93. The average Bonchev–Trinajstić information content (AvgIpc) is 2.72. The molecular weight excluding hydrogens is 440 g/mol. The molecule has 0 fully saturated rings. The standard InChI is InChI=1S/C24H14F8/c1-2-3-13-4-6-14(7-5-13)21(27)22(28)16-10-15-11-18(25)17(8-9-24(30,31)32)23(29)20(15)19(26)12-16/h4-7,10-12H,2-3H2,1H3/b22-21+. The van der Waals surface area contributed by atoms with E-state index in [0.717, 1.165) is 24.5 Å². The van der Waals surface area contributed by atoms with Gasteiger partial charge in [0.1, 0.15) is 11.6 Å². The molecule has 0 saturated carbocycles. The number of fused-ring (bicyclic) bond motifs is 1. The largest absolute Gasteiger partial charge is 0.458 e. The zero-order valence-corrected chi connectivity index (χ0v) is 16.5. The Balaban J connectivity index is 2.10. The van der Waals surface area contributed by atoms with Crippen molar-refractivity contribution in [2.45, 2.75) is 25.9 Å². The molecule has 3 aromatic carbocycles. The van der Waals surface area contributed by atoms with E-state index in [1.807, 2.05) is 6.92 Å². The molecular formula is C24H14F8. The molecule has 0 aliphatic carbocycles. The Bertz CT molecular complexity index is 1260. The molecule has 3 rings (SSSR count). The van der Waals surface area contributed by atoms with Crippen LogP contribution in [0.25, 0.3) is 22.4 Å². The van der Waals surface area contributed by atoms with Crippen molar-refractivity contribution in [1.82, 2.24) is 0 Å². The number of hydrogen-bond donors (Lipinski definition) is 0. The zero-order chi connectivity index (χ0) is 23.6. The molecule has 0 heterocycles. The van der Waals surface area contributed by atoms with E-state index in [0.29, 0.717) is 18.1 Å². The highest BCUT2D eigenvalue weighted by Crippen LogP contribution is 2.34.